The third-order valence-corrected chi connectivity index (χ3v) is 5.64. The molecule has 1 aromatic heterocycles. The van der Waals surface area contributed by atoms with Crippen molar-refractivity contribution in [1.82, 2.24) is 15.2 Å². The molecule has 0 saturated carbocycles. The third-order valence-electron chi connectivity index (χ3n) is 5.64. The quantitative estimate of drug-likeness (QED) is 0.399. The Bertz CT molecular complexity index is 1210. The van der Waals surface area contributed by atoms with Gasteiger partial charge in [0, 0.05) is 50.4 Å². The van der Waals surface area contributed by atoms with Gasteiger partial charge >= 0.3 is 0 Å². The van der Waals surface area contributed by atoms with Crippen molar-refractivity contribution in [3.05, 3.63) is 78.1 Å². The topological polar surface area (TPSA) is 114 Å². The van der Waals surface area contributed by atoms with E-state index in [0.717, 1.165) is 29.4 Å². The van der Waals surface area contributed by atoms with Crippen molar-refractivity contribution in [3.8, 4) is 22.8 Å². The van der Waals surface area contributed by atoms with Gasteiger partial charge in [-0.2, -0.15) is 0 Å². The number of oxazole rings is 1. The highest BCUT2D eigenvalue weighted by Gasteiger charge is 2.29. The highest BCUT2D eigenvalue weighted by atomic mass is 16.4. The maximum Gasteiger partial charge on any atom is 0.270 e. The summed E-state index contributed by atoms with van der Waals surface area (Å²) in [6.07, 6.45) is 2.53. The smallest absolute Gasteiger partial charge is 0.270 e. The summed E-state index contributed by atoms with van der Waals surface area (Å²) in [7, 11) is 1.47. The minimum atomic E-state index is -0.457. The number of hydrogen-bond donors (Lipinski definition) is 2. The summed E-state index contributed by atoms with van der Waals surface area (Å²) < 4.78 is 6.12. The van der Waals surface area contributed by atoms with Gasteiger partial charge in [-0.25, -0.2) is 4.98 Å². The average molecular weight is 458 g/mol. The molecule has 2 aromatic carbocycles. The molecule has 0 aliphatic carbocycles. The summed E-state index contributed by atoms with van der Waals surface area (Å²) in [4.78, 5) is 35.8. The van der Waals surface area contributed by atoms with E-state index < -0.39 is 5.91 Å². The summed E-state index contributed by atoms with van der Waals surface area (Å²) in [6, 6.07) is 19.4. The molecule has 4 rings (SSSR count). The number of carbonyl (C=O) groups excluding carboxylic acids is 2. The van der Waals surface area contributed by atoms with Crippen LogP contribution in [0.2, 0.25) is 0 Å². The van der Waals surface area contributed by atoms with Gasteiger partial charge in [-0.1, -0.05) is 48.5 Å². The lowest BCUT2D eigenvalue weighted by atomic mass is 10.1. The van der Waals surface area contributed by atoms with E-state index in [2.05, 4.69) is 10.3 Å². The largest absolute Gasteiger partial charge is 0.436 e. The molecule has 8 heteroatoms. The fourth-order valence-electron chi connectivity index (χ4n) is 3.70. The monoisotopic (exact) mass is 457 g/mol. The Balaban J connectivity index is 1.49. The standard InChI is InChI=1S/C26H27N5O3/c1-28-22(20(17-27)26(33)31-15-8-16-31)24(32)29-14-13-21-23(18-9-4-2-5-10-18)34-25(30-21)19-11-6-3-7-12-19/h2-7,9-12,17H,8,13-16,27H2,1H3,(H,29,32). The second-order valence-corrected chi connectivity index (χ2v) is 7.83. The predicted octanol–water partition coefficient (Wildman–Crippen LogP) is 2.81. The molecule has 2 amide bonds. The van der Waals surface area contributed by atoms with Crippen LogP contribution < -0.4 is 11.1 Å². The number of amides is 2. The van der Waals surface area contributed by atoms with Gasteiger partial charge < -0.3 is 20.4 Å². The first-order chi connectivity index (χ1) is 16.6. The van der Waals surface area contributed by atoms with Gasteiger partial charge in [0.15, 0.2) is 5.76 Å². The van der Waals surface area contributed by atoms with Crippen LogP contribution in [0.15, 0.2) is 81.8 Å². The van der Waals surface area contributed by atoms with Crippen molar-refractivity contribution < 1.29 is 14.0 Å². The van der Waals surface area contributed by atoms with Crippen molar-refractivity contribution in [2.24, 2.45) is 10.7 Å². The number of hydrogen-bond acceptors (Lipinski definition) is 6. The molecule has 0 radical (unpaired) electrons. The second-order valence-electron chi connectivity index (χ2n) is 7.83. The zero-order valence-electron chi connectivity index (χ0n) is 19.0. The maximum atomic E-state index is 12.8. The minimum Gasteiger partial charge on any atom is -0.436 e. The third kappa shape index (κ3) is 4.91. The molecule has 34 heavy (non-hydrogen) atoms. The summed E-state index contributed by atoms with van der Waals surface area (Å²) in [5.74, 6) is 0.444. The van der Waals surface area contributed by atoms with E-state index in [-0.39, 0.29) is 23.7 Å². The first kappa shape index (κ1) is 23.0. The maximum absolute atomic E-state index is 12.8. The number of nitrogens with two attached hydrogens (primary N) is 1. The van der Waals surface area contributed by atoms with Gasteiger partial charge in [0.25, 0.3) is 11.8 Å². The first-order valence-corrected chi connectivity index (χ1v) is 11.2. The number of benzene rings is 2. The molecule has 8 nitrogen and oxygen atoms in total. The fraction of sp³-hybridized carbons (Fsp3) is 0.231. The van der Waals surface area contributed by atoms with Gasteiger partial charge in [-0.3, -0.25) is 14.6 Å². The number of aliphatic imine (C=N–C) groups is 1. The Morgan fingerprint density at radius 2 is 1.74 bits per heavy atom. The van der Waals surface area contributed by atoms with Crippen LogP contribution >= 0.6 is 0 Å². The van der Waals surface area contributed by atoms with Crippen molar-refractivity contribution in [2.75, 3.05) is 26.7 Å². The molecule has 0 unspecified atom stereocenters. The predicted molar refractivity (Wildman–Crippen MR) is 131 cm³/mol. The first-order valence-electron chi connectivity index (χ1n) is 11.2. The van der Waals surface area contributed by atoms with Crippen molar-refractivity contribution in [2.45, 2.75) is 12.8 Å². The number of rotatable bonds is 8. The van der Waals surface area contributed by atoms with Gasteiger partial charge in [-0.15, -0.1) is 0 Å². The van der Waals surface area contributed by atoms with Crippen LogP contribution in [0.4, 0.5) is 0 Å². The van der Waals surface area contributed by atoms with E-state index >= 15 is 0 Å². The molecule has 1 aliphatic heterocycles. The van der Waals surface area contributed by atoms with E-state index in [9.17, 15) is 9.59 Å². The Kier molecular flexibility index (Phi) is 7.17. The van der Waals surface area contributed by atoms with Gasteiger partial charge in [0.2, 0.25) is 5.89 Å². The zero-order valence-corrected chi connectivity index (χ0v) is 19.0. The van der Waals surface area contributed by atoms with Gasteiger partial charge in [0.1, 0.15) is 5.71 Å². The molecule has 0 atom stereocenters. The number of carbonyl (C=O) groups is 2. The molecule has 1 fully saturated rings. The van der Waals surface area contributed by atoms with E-state index in [1.54, 1.807) is 4.90 Å². The van der Waals surface area contributed by atoms with E-state index in [4.69, 9.17) is 15.1 Å². The van der Waals surface area contributed by atoms with Crippen LogP contribution in [0.1, 0.15) is 12.1 Å². The van der Waals surface area contributed by atoms with Gasteiger partial charge in [0.05, 0.1) is 11.3 Å². The van der Waals surface area contributed by atoms with Crippen LogP contribution in [0.25, 0.3) is 22.8 Å². The molecule has 0 bridgehead atoms. The minimum absolute atomic E-state index is 0.0211. The molecule has 1 saturated heterocycles. The summed E-state index contributed by atoms with van der Waals surface area (Å²) in [6.45, 7) is 1.61. The Labute approximate surface area is 198 Å². The normalized spacial score (nSPS) is 14.0. The van der Waals surface area contributed by atoms with Crippen LogP contribution in [0.5, 0.6) is 0 Å². The highest BCUT2D eigenvalue weighted by Crippen LogP contribution is 2.30. The highest BCUT2D eigenvalue weighted by molar-refractivity contribution is 6.51. The molecular formula is C26H27N5O3. The van der Waals surface area contributed by atoms with Gasteiger partial charge in [-0.05, 0) is 18.6 Å². The van der Waals surface area contributed by atoms with Crippen molar-refractivity contribution >= 4 is 17.5 Å². The number of aromatic nitrogens is 1. The van der Waals surface area contributed by atoms with Crippen LogP contribution in [0.3, 0.4) is 0 Å². The Morgan fingerprint density at radius 3 is 2.29 bits per heavy atom. The molecule has 0 spiro atoms. The average Bonchev–Trinajstić information content (AvgIpc) is 3.26. The number of likely N-dealkylation sites (tertiary alicyclic amines) is 1. The molecule has 174 valence electrons. The van der Waals surface area contributed by atoms with Crippen LogP contribution in [-0.2, 0) is 16.0 Å². The van der Waals surface area contributed by atoms with Crippen LogP contribution in [0, 0.1) is 0 Å². The SMILES string of the molecule is CN=C(C(=O)NCCc1nc(-c2ccccc2)oc1-c1ccccc1)C(=CN)C(=O)N1CCC1. The molecule has 3 N–H and O–H groups in total. The molecule has 1 aliphatic rings. The molecule has 2 heterocycles. The van der Waals surface area contributed by atoms with E-state index in [1.165, 1.54) is 7.05 Å². The Morgan fingerprint density at radius 1 is 1.09 bits per heavy atom. The summed E-state index contributed by atoms with van der Waals surface area (Å²) in [5, 5.41) is 2.84. The Hall–Kier alpha value is -4.20. The van der Waals surface area contributed by atoms with Crippen molar-refractivity contribution in [1.29, 1.82) is 0 Å². The van der Waals surface area contributed by atoms with E-state index in [0.29, 0.717) is 31.2 Å². The fourth-order valence-corrected chi connectivity index (χ4v) is 3.70. The molecule has 3 aromatic rings. The number of nitrogens with one attached hydrogen (secondary N) is 1. The summed E-state index contributed by atoms with van der Waals surface area (Å²) >= 11 is 0. The van der Waals surface area contributed by atoms with Crippen molar-refractivity contribution in [3.63, 3.8) is 0 Å². The van der Waals surface area contributed by atoms with Crippen LogP contribution in [-0.4, -0.2) is 54.1 Å². The lowest BCUT2D eigenvalue weighted by Gasteiger charge is -2.31. The second kappa shape index (κ2) is 10.6. The molecular weight excluding hydrogens is 430 g/mol. The summed E-state index contributed by atoms with van der Waals surface area (Å²) in [5.41, 5.74) is 8.31. The lowest BCUT2D eigenvalue weighted by molar-refractivity contribution is -0.130. The zero-order chi connectivity index (χ0) is 23.9. The van der Waals surface area contributed by atoms with E-state index in [1.807, 2.05) is 60.7 Å². The lowest BCUT2D eigenvalue weighted by Crippen LogP contribution is -2.46. The number of nitrogens with zero attached hydrogens (tertiary/aromatic N) is 3.